The minimum absolute atomic E-state index is 0.0137. The van der Waals surface area contributed by atoms with Gasteiger partial charge in [0, 0.05) is 24.3 Å². The first-order valence-electron chi connectivity index (χ1n) is 6.72. The molecule has 4 nitrogen and oxygen atoms in total. The maximum Gasteiger partial charge on any atom is 0.229 e. The van der Waals surface area contributed by atoms with Crippen LogP contribution in [0.2, 0.25) is 0 Å². The molecule has 4 heteroatoms. The number of benzene rings is 1. The fourth-order valence-corrected chi connectivity index (χ4v) is 2.11. The number of anilines is 1. The van der Waals surface area contributed by atoms with Crippen LogP contribution in [0.25, 0.3) is 0 Å². The molecule has 1 aliphatic heterocycles. The summed E-state index contributed by atoms with van der Waals surface area (Å²) in [4.78, 5) is 11.9. The Balaban J connectivity index is 2.00. The van der Waals surface area contributed by atoms with Gasteiger partial charge in [0.05, 0.1) is 12.5 Å². The summed E-state index contributed by atoms with van der Waals surface area (Å²) in [7, 11) is 0. The quantitative estimate of drug-likeness (QED) is 0.871. The lowest BCUT2D eigenvalue weighted by molar-refractivity contribution is -0.119. The molecular weight excluding hydrogens is 240 g/mol. The van der Waals surface area contributed by atoms with E-state index in [9.17, 15) is 4.79 Å². The molecule has 1 saturated heterocycles. The van der Waals surface area contributed by atoms with Gasteiger partial charge in [0.25, 0.3) is 0 Å². The summed E-state index contributed by atoms with van der Waals surface area (Å²) in [6.07, 6.45) is 0.810. The lowest BCUT2D eigenvalue weighted by Crippen LogP contribution is -2.28. The number of hydrogen-bond donors (Lipinski definition) is 2. The molecule has 1 amide bonds. The van der Waals surface area contributed by atoms with Crippen molar-refractivity contribution >= 4 is 11.6 Å². The second-order valence-electron chi connectivity index (χ2n) is 5.72. The predicted molar refractivity (Wildman–Crippen MR) is 76.1 cm³/mol. The van der Waals surface area contributed by atoms with Crippen molar-refractivity contribution in [3.05, 3.63) is 29.8 Å². The zero-order valence-electron chi connectivity index (χ0n) is 11.6. The van der Waals surface area contributed by atoms with Crippen LogP contribution < -0.4 is 11.1 Å². The Bertz CT molecular complexity index is 434. The van der Waals surface area contributed by atoms with E-state index in [0.29, 0.717) is 19.8 Å². The summed E-state index contributed by atoms with van der Waals surface area (Å²) < 4.78 is 5.22. The average Bonchev–Trinajstić information content (AvgIpc) is 2.93. The summed E-state index contributed by atoms with van der Waals surface area (Å²) in [5.74, 6) is 0.0310. The molecule has 19 heavy (non-hydrogen) atoms. The van der Waals surface area contributed by atoms with Gasteiger partial charge >= 0.3 is 0 Å². The van der Waals surface area contributed by atoms with Crippen LogP contribution in [0.4, 0.5) is 5.69 Å². The highest BCUT2D eigenvalue weighted by Crippen LogP contribution is 2.23. The predicted octanol–water partition coefficient (Wildman–Crippen LogP) is 1.90. The molecule has 0 aliphatic carbocycles. The van der Waals surface area contributed by atoms with Crippen LogP contribution in [-0.4, -0.2) is 25.7 Å². The molecule has 1 atom stereocenters. The number of rotatable bonds is 4. The third kappa shape index (κ3) is 3.33. The Morgan fingerprint density at radius 1 is 1.42 bits per heavy atom. The van der Waals surface area contributed by atoms with Crippen LogP contribution in [0.1, 0.15) is 25.8 Å². The number of amides is 1. The van der Waals surface area contributed by atoms with Crippen LogP contribution >= 0.6 is 0 Å². The fraction of sp³-hybridized carbons (Fsp3) is 0.533. The Morgan fingerprint density at radius 2 is 2.11 bits per heavy atom. The summed E-state index contributed by atoms with van der Waals surface area (Å²) in [5.41, 5.74) is 7.72. The Hall–Kier alpha value is -1.39. The van der Waals surface area contributed by atoms with Gasteiger partial charge in [-0.25, -0.2) is 0 Å². The lowest BCUT2D eigenvalue weighted by atomic mass is 9.85. The third-order valence-corrected chi connectivity index (χ3v) is 3.74. The monoisotopic (exact) mass is 262 g/mol. The van der Waals surface area contributed by atoms with Crippen molar-refractivity contribution < 1.29 is 9.53 Å². The molecule has 3 N–H and O–H groups in total. The molecule has 1 unspecified atom stereocenters. The Labute approximate surface area is 114 Å². The largest absolute Gasteiger partial charge is 0.381 e. The van der Waals surface area contributed by atoms with E-state index < -0.39 is 0 Å². The van der Waals surface area contributed by atoms with Gasteiger partial charge in [0.2, 0.25) is 5.91 Å². The fourth-order valence-electron chi connectivity index (χ4n) is 2.11. The van der Waals surface area contributed by atoms with Crippen molar-refractivity contribution in [1.29, 1.82) is 0 Å². The zero-order chi connectivity index (χ0) is 13.9. The van der Waals surface area contributed by atoms with E-state index in [1.54, 1.807) is 0 Å². The number of ether oxygens (including phenoxy) is 1. The number of carbonyl (C=O) groups excluding carboxylic acids is 1. The van der Waals surface area contributed by atoms with Gasteiger partial charge in [-0.2, -0.15) is 0 Å². The normalized spacial score (nSPS) is 19.4. The zero-order valence-corrected chi connectivity index (χ0v) is 11.6. The number of carbonyl (C=O) groups is 1. The van der Waals surface area contributed by atoms with E-state index in [1.165, 1.54) is 5.56 Å². The van der Waals surface area contributed by atoms with Crippen LogP contribution in [0.5, 0.6) is 0 Å². The van der Waals surface area contributed by atoms with Crippen LogP contribution in [0, 0.1) is 5.92 Å². The van der Waals surface area contributed by atoms with Gasteiger partial charge < -0.3 is 15.8 Å². The van der Waals surface area contributed by atoms with E-state index >= 15 is 0 Å². The van der Waals surface area contributed by atoms with E-state index in [1.807, 2.05) is 24.3 Å². The minimum atomic E-state index is -0.0398. The van der Waals surface area contributed by atoms with Crippen LogP contribution in [0.15, 0.2) is 24.3 Å². The molecule has 0 saturated carbocycles. The van der Waals surface area contributed by atoms with Gasteiger partial charge in [-0.1, -0.05) is 26.0 Å². The molecule has 104 valence electrons. The molecule has 1 aliphatic rings. The Morgan fingerprint density at radius 3 is 2.63 bits per heavy atom. The first kappa shape index (κ1) is 14.0. The number of hydrogen-bond acceptors (Lipinski definition) is 3. The molecular formula is C15H22N2O2. The molecule has 1 fully saturated rings. The third-order valence-electron chi connectivity index (χ3n) is 3.74. The van der Waals surface area contributed by atoms with Crippen LogP contribution in [-0.2, 0) is 14.9 Å². The highest BCUT2D eigenvalue weighted by molar-refractivity contribution is 5.92. The van der Waals surface area contributed by atoms with E-state index in [2.05, 4.69) is 19.2 Å². The minimum Gasteiger partial charge on any atom is -0.381 e. The Kier molecular flexibility index (Phi) is 4.22. The van der Waals surface area contributed by atoms with E-state index in [-0.39, 0.29) is 17.2 Å². The van der Waals surface area contributed by atoms with E-state index in [4.69, 9.17) is 10.5 Å². The van der Waals surface area contributed by atoms with Gasteiger partial charge in [-0.3, -0.25) is 4.79 Å². The molecule has 0 aromatic heterocycles. The van der Waals surface area contributed by atoms with Crippen molar-refractivity contribution in [3.63, 3.8) is 0 Å². The first-order valence-corrected chi connectivity index (χ1v) is 6.72. The highest BCUT2D eigenvalue weighted by Gasteiger charge is 2.23. The molecule has 0 spiro atoms. The number of nitrogens with one attached hydrogen (secondary N) is 1. The number of nitrogens with two attached hydrogens (primary N) is 1. The topological polar surface area (TPSA) is 64.3 Å². The highest BCUT2D eigenvalue weighted by atomic mass is 16.5. The van der Waals surface area contributed by atoms with Crippen molar-refractivity contribution in [1.82, 2.24) is 0 Å². The van der Waals surface area contributed by atoms with Gasteiger partial charge in [0.1, 0.15) is 0 Å². The second kappa shape index (κ2) is 5.72. The molecule has 0 bridgehead atoms. The molecule has 0 radical (unpaired) electrons. The molecule has 1 heterocycles. The maximum absolute atomic E-state index is 11.9. The van der Waals surface area contributed by atoms with E-state index in [0.717, 1.165) is 12.1 Å². The van der Waals surface area contributed by atoms with Crippen molar-refractivity contribution in [2.24, 2.45) is 11.7 Å². The van der Waals surface area contributed by atoms with Gasteiger partial charge in [0.15, 0.2) is 0 Å². The smallest absolute Gasteiger partial charge is 0.229 e. The molecule has 1 aromatic carbocycles. The summed E-state index contributed by atoms with van der Waals surface area (Å²) in [6.45, 7) is 6.02. The van der Waals surface area contributed by atoms with Gasteiger partial charge in [-0.05, 0) is 24.1 Å². The van der Waals surface area contributed by atoms with Gasteiger partial charge in [-0.15, -0.1) is 0 Å². The molecule has 1 aromatic rings. The second-order valence-corrected chi connectivity index (χ2v) is 5.72. The molecule has 2 rings (SSSR count). The maximum atomic E-state index is 11.9. The van der Waals surface area contributed by atoms with Crippen molar-refractivity contribution in [2.45, 2.75) is 25.7 Å². The van der Waals surface area contributed by atoms with Crippen molar-refractivity contribution in [2.75, 3.05) is 25.1 Å². The summed E-state index contributed by atoms with van der Waals surface area (Å²) >= 11 is 0. The summed E-state index contributed by atoms with van der Waals surface area (Å²) in [6, 6.07) is 7.90. The SMILES string of the molecule is CC(C)(CN)c1ccc(NC(=O)C2CCOC2)cc1. The lowest BCUT2D eigenvalue weighted by Gasteiger charge is -2.23. The van der Waals surface area contributed by atoms with Crippen LogP contribution in [0.3, 0.4) is 0 Å². The van der Waals surface area contributed by atoms with Crippen molar-refractivity contribution in [3.8, 4) is 0 Å². The standard InChI is InChI=1S/C15H22N2O2/c1-15(2,10-16)12-3-5-13(6-4-12)17-14(18)11-7-8-19-9-11/h3-6,11H,7-10,16H2,1-2H3,(H,17,18). The average molecular weight is 262 g/mol. The summed E-state index contributed by atoms with van der Waals surface area (Å²) in [5, 5.41) is 2.93. The first-order chi connectivity index (χ1) is 9.03.